The van der Waals surface area contributed by atoms with Crippen molar-refractivity contribution in [1.82, 2.24) is 10.2 Å². The molecule has 0 bridgehead atoms. The Morgan fingerprint density at radius 2 is 2.37 bits per heavy atom. The molecule has 1 aromatic carbocycles. The Bertz CT molecular complexity index is 554. The van der Waals surface area contributed by atoms with Crippen molar-refractivity contribution in [1.29, 1.82) is 0 Å². The van der Waals surface area contributed by atoms with Crippen molar-refractivity contribution < 1.29 is 9.47 Å². The lowest BCUT2D eigenvalue weighted by atomic mass is 9.85. The van der Waals surface area contributed by atoms with E-state index in [0.717, 1.165) is 29.6 Å². The molecule has 3 atom stereocenters. The molecule has 1 aliphatic carbocycles. The van der Waals surface area contributed by atoms with Crippen molar-refractivity contribution in [3.63, 3.8) is 0 Å². The molecule has 2 aromatic rings. The highest BCUT2D eigenvalue weighted by atomic mass is 16.5. The standard InChI is InChI=1S/C14H19N3O2/c1-3-19-13-7-12(14(13)18-2)16-10-5-4-6-11-9(10)8-15-17-11/h4-6,8,12-14,16H,3,7H2,1-2H3,(H,15,17). The Kier molecular flexibility index (Phi) is 3.40. The molecule has 5 heteroatoms. The summed E-state index contributed by atoms with van der Waals surface area (Å²) in [6.07, 6.45) is 3.14. The Hall–Kier alpha value is -1.59. The molecule has 1 saturated carbocycles. The summed E-state index contributed by atoms with van der Waals surface area (Å²) in [6, 6.07) is 6.40. The molecule has 0 amide bonds. The largest absolute Gasteiger partial charge is 0.379 e. The number of nitrogens with zero attached hydrogens (tertiary/aromatic N) is 1. The number of ether oxygens (including phenoxy) is 2. The molecule has 2 N–H and O–H groups in total. The van der Waals surface area contributed by atoms with Crippen molar-refractivity contribution in [2.24, 2.45) is 0 Å². The van der Waals surface area contributed by atoms with E-state index in [9.17, 15) is 0 Å². The maximum absolute atomic E-state index is 5.64. The minimum atomic E-state index is 0.113. The highest BCUT2D eigenvalue weighted by molar-refractivity contribution is 5.91. The summed E-state index contributed by atoms with van der Waals surface area (Å²) < 4.78 is 11.2. The first-order chi connectivity index (χ1) is 9.33. The fraction of sp³-hybridized carbons (Fsp3) is 0.500. The third-order valence-electron chi connectivity index (χ3n) is 3.73. The number of aromatic nitrogens is 2. The summed E-state index contributed by atoms with van der Waals surface area (Å²) >= 11 is 0. The molecule has 1 aliphatic rings. The van der Waals surface area contributed by atoms with Crippen LogP contribution in [0.5, 0.6) is 0 Å². The van der Waals surface area contributed by atoms with E-state index in [1.54, 1.807) is 7.11 Å². The van der Waals surface area contributed by atoms with Crippen LogP contribution in [0.25, 0.3) is 10.9 Å². The maximum atomic E-state index is 5.64. The predicted molar refractivity (Wildman–Crippen MR) is 74.3 cm³/mol. The third-order valence-corrected chi connectivity index (χ3v) is 3.73. The van der Waals surface area contributed by atoms with Gasteiger partial charge < -0.3 is 14.8 Å². The first kappa shape index (κ1) is 12.4. The van der Waals surface area contributed by atoms with Crippen molar-refractivity contribution in [3.8, 4) is 0 Å². The molecule has 1 aromatic heterocycles. The molecule has 5 nitrogen and oxygen atoms in total. The zero-order chi connectivity index (χ0) is 13.2. The number of methoxy groups -OCH3 is 1. The Morgan fingerprint density at radius 1 is 1.47 bits per heavy atom. The van der Waals surface area contributed by atoms with Crippen LogP contribution in [-0.2, 0) is 9.47 Å². The fourth-order valence-electron chi connectivity index (χ4n) is 2.71. The van der Waals surface area contributed by atoms with Crippen molar-refractivity contribution in [2.45, 2.75) is 31.6 Å². The van der Waals surface area contributed by atoms with Gasteiger partial charge in [-0.3, -0.25) is 5.10 Å². The zero-order valence-electron chi connectivity index (χ0n) is 11.2. The number of rotatable bonds is 5. The van der Waals surface area contributed by atoms with Crippen LogP contribution in [0.15, 0.2) is 24.4 Å². The molecule has 0 saturated heterocycles. The van der Waals surface area contributed by atoms with E-state index in [1.807, 2.05) is 25.3 Å². The summed E-state index contributed by atoms with van der Waals surface area (Å²) in [5, 5.41) is 11.7. The zero-order valence-corrected chi connectivity index (χ0v) is 11.2. The average molecular weight is 261 g/mol. The van der Waals surface area contributed by atoms with Gasteiger partial charge >= 0.3 is 0 Å². The van der Waals surface area contributed by atoms with Crippen LogP contribution in [0, 0.1) is 0 Å². The SMILES string of the molecule is CCOC1CC(Nc2cccc3[nH]ncc23)C1OC. The fourth-order valence-corrected chi connectivity index (χ4v) is 2.71. The molecule has 102 valence electrons. The van der Waals surface area contributed by atoms with Crippen molar-refractivity contribution in [3.05, 3.63) is 24.4 Å². The van der Waals surface area contributed by atoms with Gasteiger partial charge in [0.05, 0.1) is 23.9 Å². The first-order valence-electron chi connectivity index (χ1n) is 6.66. The Balaban J connectivity index is 1.74. The lowest BCUT2D eigenvalue weighted by Crippen LogP contribution is -2.56. The van der Waals surface area contributed by atoms with Crippen LogP contribution >= 0.6 is 0 Å². The first-order valence-corrected chi connectivity index (χ1v) is 6.66. The van der Waals surface area contributed by atoms with Gasteiger partial charge in [-0.15, -0.1) is 0 Å². The molecule has 0 aliphatic heterocycles. The third kappa shape index (κ3) is 2.19. The second kappa shape index (κ2) is 5.19. The van der Waals surface area contributed by atoms with E-state index in [0.29, 0.717) is 6.04 Å². The number of fused-ring (bicyclic) bond motifs is 1. The number of hydrogen-bond acceptors (Lipinski definition) is 4. The van der Waals surface area contributed by atoms with E-state index >= 15 is 0 Å². The number of H-pyrrole nitrogens is 1. The molecule has 0 spiro atoms. The smallest absolute Gasteiger partial charge is 0.103 e. The monoisotopic (exact) mass is 261 g/mol. The van der Waals surface area contributed by atoms with Gasteiger partial charge in [-0.1, -0.05) is 6.07 Å². The van der Waals surface area contributed by atoms with E-state index in [2.05, 4.69) is 21.6 Å². The molecule has 1 fully saturated rings. The molecule has 19 heavy (non-hydrogen) atoms. The topological polar surface area (TPSA) is 59.2 Å². The number of anilines is 1. The van der Waals surface area contributed by atoms with Crippen molar-refractivity contribution >= 4 is 16.6 Å². The molecule has 3 unspecified atom stereocenters. The van der Waals surface area contributed by atoms with Crippen LogP contribution in [0.3, 0.4) is 0 Å². The van der Waals surface area contributed by atoms with Crippen LogP contribution in [0.2, 0.25) is 0 Å². The minimum Gasteiger partial charge on any atom is -0.379 e. The highest BCUT2D eigenvalue weighted by Gasteiger charge is 2.42. The Labute approximate surface area is 112 Å². The molecular weight excluding hydrogens is 242 g/mol. The normalized spacial score (nSPS) is 26.3. The quantitative estimate of drug-likeness (QED) is 0.866. The lowest BCUT2D eigenvalue weighted by molar-refractivity contribution is -0.117. The summed E-state index contributed by atoms with van der Waals surface area (Å²) in [5.74, 6) is 0. The van der Waals surface area contributed by atoms with Gasteiger partial charge in [0.15, 0.2) is 0 Å². The van der Waals surface area contributed by atoms with E-state index in [-0.39, 0.29) is 12.2 Å². The lowest BCUT2D eigenvalue weighted by Gasteiger charge is -2.43. The molecule has 0 radical (unpaired) electrons. The summed E-state index contributed by atoms with van der Waals surface area (Å²) in [7, 11) is 1.74. The highest BCUT2D eigenvalue weighted by Crippen LogP contribution is 2.31. The number of nitrogens with one attached hydrogen (secondary N) is 2. The van der Waals surface area contributed by atoms with Crippen LogP contribution in [0.4, 0.5) is 5.69 Å². The summed E-state index contributed by atoms with van der Waals surface area (Å²) in [6.45, 7) is 2.74. The maximum Gasteiger partial charge on any atom is 0.103 e. The van der Waals surface area contributed by atoms with Crippen LogP contribution in [0.1, 0.15) is 13.3 Å². The molecule has 3 rings (SSSR count). The van der Waals surface area contributed by atoms with Gasteiger partial charge in [0.25, 0.3) is 0 Å². The second-order valence-electron chi connectivity index (χ2n) is 4.82. The van der Waals surface area contributed by atoms with Gasteiger partial charge in [-0.05, 0) is 25.5 Å². The summed E-state index contributed by atoms with van der Waals surface area (Å²) in [4.78, 5) is 0. The van der Waals surface area contributed by atoms with Gasteiger partial charge in [0.2, 0.25) is 0 Å². The summed E-state index contributed by atoms with van der Waals surface area (Å²) in [5.41, 5.74) is 2.13. The Morgan fingerprint density at radius 3 is 3.16 bits per heavy atom. The van der Waals surface area contributed by atoms with E-state index in [1.165, 1.54) is 0 Å². The predicted octanol–water partition coefficient (Wildman–Crippen LogP) is 2.17. The van der Waals surface area contributed by atoms with Gasteiger partial charge in [0.1, 0.15) is 6.10 Å². The van der Waals surface area contributed by atoms with Crippen LogP contribution in [-0.4, -0.2) is 42.2 Å². The second-order valence-corrected chi connectivity index (χ2v) is 4.82. The van der Waals surface area contributed by atoms with E-state index < -0.39 is 0 Å². The van der Waals surface area contributed by atoms with Gasteiger partial charge in [0, 0.05) is 24.8 Å². The molecular formula is C14H19N3O2. The van der Waals surface area contributed by atoms with E-state index in [4.69, 9.17) is 9.47 Å². The van der Waals surface area contributed by atoms with Crippen molar-refractivity contribution in [2.75, 3.05) is 19.0 Å². The number of aromatic amines is 1. The van der Waals surface area contributed by atoms with Crippen LogP contribution < -0.4 is 5.32 Å². The van der Waals surface area contributed by atoms with Gasteiger partial charge in [-0.2, -0.15) is 5.10 Å². The van der Waals surface area contributed by atoms with Gasteiger partial charge in [-0.25, -0.2) is 0 Å². The minimum absolute atomic E-state index is 0.113. The number of hydrogen-bond donors (Lipinski definition) is 2. The number of benzene rings is 1. The average Bonchev–Trinajstić information content (AvgIpc) is 2.87. The molecule has 1 heterocycles.